The number of nitrogens with one attached hydrogen (secondary N) is 1. The van der Waals surface area contributed by atoms with E-state index in [1.165, 1.54) is 0 Å². The van der Waals surface area contributed by atoms with E-state index in [2.05, 4.69) is 37.1 Å². The summed E-state index contributed by atoms with van der Waals surface area (Å²) in [5.74, 6) is 1.30. The topological polar surface area (TPSA) is 107 Å². The zero-order valence-electron chi connectivity index (χ0n) is 20.2. The third kappa shape index (κ3) is 5.90. The molecular weight excluding hydrogens is 436 g/mol. The van der Waals surface area contributed by atoms with Crippen LogP contribution in [0, 0.1) is 0 Å². The summed E-state index contributed by atoms with van der Waals surface area (Å²) < 4.78 is 5.33. The number of rotatable bonds is 4. The van der Waals surface area contributed by atoms with Crippen LogP contribution >= 0.6 is 0 Å². The Morgan fingerprint density at radius 2 is 1.74 bits per heavy atom. The normalized spacial score (nSPS) is 17.6. The van der Waals surface area contributed by atoms with Crippen LogP contribution in [0.15, 0.2) is 30.6 Å². The molecule has 2 saturated heterocycles. The fraction of sp³-hybridized carbons (Fsp3) is 0.522. The minimum Gasteiger partial charge on any atom is -0.443 e. The number of hydrogen-bond donors (Lipinski definition) is 1. The standard InChI is InChI=1S/C23H32N8O3/c1-23(2,3)34-22(33)31-14-13-30(16-20(31)32)19-7-8-24-21(27-19)26-18-6-5-17(15-25-18)29-11-9-28(4)10-12-29/h5-8,15H,9-14,16H2,1-4H3,(H,24,25,26,27). The first-order chi connectivity index (χ1) is 16.2. The van der Waals surface area contributed by atoms with Crippen molar-refractivity contribution in [2.45, 2.75) is 26.4 Å². The van der Waals surface area contributed by atoms with Crippen molar-refractivity contribution >= 4 is 35.3 Å². The number of nitrogens with zero attached hydrogens (tertiary/aromatic N) is 7. The van der Waals surface area contributed by atoms with E-state index >= 15 is 0 Å². The highest BCUT2D eigenvalue weighted by atomic mass is 16.6. The highest BCUT2D eigenvalue weighted by Gasteiger charge is 2.32. The lowest BCUT2D eigenvalue weighted by molar-refractivity contribution is -0.130. The molecule has 11 heteroatoms. The highest BCUT2D eigenvalue weighted by molar-refractivity contribution is 5.95. The van der Waals surface area contributed by atoms with Gasteiger partial charge in [-0.25, -0.2) is 19.7 Å². The van der Waals surface area contributed by atoms with Crippen LogP contribution in [0.5, 0.6) is 0 Å². The number of carbonyl (C=O) groups excluding carboxylic acids is 2. The molecule has 0 atom stereocenters. The Bertz CT molecular complexity index is 1020. The average molecular weight is 469 g/mol. The molecule has 34 heavy (non-hydrogen) atoms. The molecule has 0 radical (unpaired) electrons. The summed E-state index contributed by atoms with van der Waals surface area (Å²) in [4.78, 5) is 45.8. The van der Waals surface area contributed by atoms with Crippen LogP contribution in [0.25, 0.3) is 0 Å². The van der Waals surface area contributed by atoms with Gasteiger partial charge < -0.3 is 24.8 Å². The molecule has 2 amide bonds. The Labute approximate surface area is 199 Å². The molecule has 182 valence electrons. The molecular formula is C23H32N8O3. The highest BCUT2D eigenvalue weighted by Crippen LogP contribution is 2.21. The molecule has 0 spiro atoms. The lowest BCUT2D eigenvalue weighted by Gasteiger charge is -2.34. The van der Waals surface area contributed by atoms with Crippen LogP contribution in [0.4, 0.5) is 28.1 Å². The zero-order valence-corrected chi connectivity index (χ0v) is 20.2. The maximum Gasteiger partial charge on any atom is 0.417 e. The van der Waals surface area contributed by atoms with E-state index in [0.29, 0.717) is 24.1 Å². The van der Waals surface area contributed by atoms with Crippen LogP contribution in [-0.2, 0) is 9.53 Å². The SMILES string of the molecule is CN1CCN(c2ccc(Nc3nccc(N4CCN(C(=O)OC(C)(C)C)C(=O)C4)n3)nc2)CC1. The van der Waals surface area contributed by atoms with Crippen molar-refractivity contribution in [1.82, 2.24) is 24.8 Å². The largest absolute Gasteiger partial charge is 0.443 e. The number of pyridine rings is 1. The molecule has 0 bridgehead atoms. The smallest absolute Gasteiger partial charge is 0.417 e. The molecule has 4 heterocycles. The van der Waals surface area contributed by atoms with Gasteiger partial charge in [-0.1, -0.05) is 0 Å². The van der Waals surface area contributed by atoms with Crippen LogP contribution < -0.4 is 15.1 Å². The molecule has 4 rings (SSSR count). The van der Waals surface area contributed by atoms with E-state index in [-0.39, 0.29) is 19.0 Å². The second-order valence-electron chi connectivity index (χ2n) is 9.50. The Morgan fingerprint density at radius 1 is 1.00 bits per heavy atom. The minimum atomic E-state index is -0.654. The zero-order chi connectivity index (χ0) is 24.3. The molecule has 2 aliphatic heterocycles. The van der Waals surface area contributed by atoms with Gasteiger partial charge in [-0.05, 0) is 46.0 Å². The van der Waals surface area contributed by atoms with Gasteiger partial charge in [-0.3, -0.25) is 4.79 Å². The minimum absolute atomic E-state index is 0.0354. The van der Waals surface area contributed by atoms with Crippen molar-refractivity contribution in [3.8, 4) is 0 Å². The number of imide groups is 1. The number of ether oxygens (including phenoxy) is 1. The number of carbonyl (C=O) groups is 2. The van der Waals surface area contributed by atoms with Crippen LogP contribution in [0.1, 0.15) is 20.8 Å². The van der Waals surface area contributed by atoms with Gasteiger partial charge in [-0.2, -0.15) is 4.98 Å². The van der Waals surface area contributed by atoms with Gasteiger partial charge in [0.1, 0.15) is 17.2 Å². The molecule has 11 nitrogen and oxygen atoms in total. The number of piperazine rings is 2. The summed E-state index contributed by atoms with van der Waals surface area (Å²) >= 11 is 0. The van der Waals surface area contributed by atoms with Gasteiger partial charge in [0.15, 0.2) is 0 Å². The van der Waals surface area contributed by atoms with Crippen LogP contribution in [-0.4, -0.2) is 95.2 Å². The number of hydrogen-bond acceptors (Lipinski definition) is 10. The summed E-state index contributed by atoms with van der Waals surface area (Å²) in [6.07, 6.45) is 2.87. The fourth-order valence-corrected chi connectivity index (χ4v) is 3.79. The van der Waals surface area contributed by atoms with Gasteiger partial charge in [0, 0.05) is 45.5 Å². The van der Waals surface area contributed by atoms with Gasteiger partial charge in [-0.15, -0.1) is 0 Å². The Morgan fingerprint density at radius 3 is 2.38 bits per heavy atom. The predicted octanol–water partition coefficient (Wildman–Crippen LogP) is 1.95. The first-order valence-electron chi connectivity index (χ1n) is 11.5. The third-order valence-electron chi connectivity index (χ3n) is 5.66. The monoisotopic (exact) mass is 468 g/mol. The Balaban J connectivity index is 1.36. The second kappa shape index (κ2) is 9.80. The molecule has 2 fully saturated rings. The van der Waals surface area contributed by atoms with Crippen LogP contribution in [0.2, 0.25) is 0 Å². The number of aromatic nitrogens is 3. The molecule has 2 aromatic heterocycles. The van der Waals surface area contributed by atoms with Gasteiger partial charge in [0.25, 0.3) is 5.91 Å². The molecule has 0 aliphatic carbocycles. The Kier molecular flexibility index (Phi) is 6.82. The van der Waals surface area contributed by atoms with Crippen molar-refractivity contribution in [2.75, 3.05) is 68.0 Å². The van der Waals surface area contributed by atoms with E-state index in [9.17, 15) is 9.59 Å². The molecule has 2 aliphatic rings. The van der Waals surface area contributed by atoms with Gasteiger partial charge in [0.2, 0.25) is 5.95 Å². The van der Waals surface area contributed by atoms with Gasteiger partial charge >= 0.3 is 6.09 Å². The number of likely N-dealkylation sites (N-methyl/N-ethyl adjacent to an activating group) is 1. The summed E-state index contributed by atoms with van der Waals surface area (Å²) in [7, 11) is 2.13. The average Bonchev–Trinajstić information content (AvgIpc) is 2.79. The third-order valence-corrected chi connectivity index (χ3v) is 5.66. The molecule has 1 N–H and O–H groups in total. The van der Waals surface area contributed by atoms with E-state index in [1.54, 1.807) is 33.0 Å². The van der Waals surface area contributed by atoms with Crippen molar-refractivity contribution in [3.05, 3.63) is 30.6 Å². The maximum absolute atomic E-state index is 12.6. The molecule has 0 aromatic carbocycles. The van der Waals surface area contributed by atoms with E-state index < -0.39 is 11.7 Å². The van der Waals surface area contributed by atoms with Gasteiger partial charge in [0.05, 0.1) is 18.4 Å². The Hall–Kier alpha value is -3.47. The van der Waals surface area contributed by atoms with E-state index in [1.807, 2.05) is 23.2 Å². The van der Waals surface area contributed by atoms with Crippen LogP contribution in [0.3, 0.4) is 0 Å². The quantitative estimate of drug-likeness (QED) is 0.715. The van der Waals surface area contributed by atoms with E-state index in [0.717, 1.165) is 36.8 Å². The first kappa shape index (κ1) is 23.7. The predicted molar refractivity (Wildman–Crippen MR) is 129 cm³/mol. The fourth-order valence-electron chi connectivity index (χ4n) is 3.79. The van der Waals surface area contributed by atoms with Crippen molar-refractivity contribution in [1.29, 1.82) is 0 Å². The number of amides is 2. The number of anilines is 4. The molecule has 2 aromatic rings. The van der Waals surface area contributed by atoms with E-state index in [4.69, 9.17) is 4.74 Å². The first-order valence-corrected chi connectivity index (χ1v) is 11.5. The lowest BCUT2D eigenvalue weighted by Crippen LogP contribution is -2.53. The molecule has 0 unspecified atom stereocenters. The maximum atomic E-state index is 12.6. The second-order valence-corrected chi connectivity index (χ2v) is 9.50. The summed E-state index contributed by atoms with van der Waals surface area (Å²) in [6, 6.07) is 5.69. The van der Waals surface area contributed by atoms with Crippen molar-refractivity contribution in [2.24, 2.45) is 0 Å². The summed E-state index contributed by atoms with van der Waals surface area (Å²) in [5, 5.41) is 3.13. The summed E-state index contributed by atoms with van der Waals surface area (Å²) in [6.45, 7) is 10.1. The molecule has 0 saturated carbocycles. The summed E-state index contributed by atoms with van der Waals surface area (Å²) in [5.41, 5.74) is 0.438. The van der Waals surface area contributed by atoms with Crippen molar-refractivity contribution < 1.29 is 14.3 Å². The lowest BCUT2D eigenvalue weighted by atomic mass is 10.2. The van der Waals surface area contributed by atoms with Crippen molar-refractivity contribution in [3.63, 3.8) is 0 Å².